The van der Waals surface area contributed by atoms with Crippen LogP contribution in [-0.2, 0) is 15.1 Å². The van der Waals surface area contributed by atoms with Gasteiger partial charge in [-0.1, -0.05) is 36.4 Å². The molecule has 146 valence electrons. The minimum atomic E-state index is -0.877. The number of allylic oxidation sites excluding steroid dienone is 1. The zero-order valence-corrected chi connectivity index (χ0v) is 16.0. The molecule has 0 unspecified atom stereocenters. The van der Waals surface area contributed by atoms with Gasteiger partial charge in [-0.25, -0.2) is 4.79 Å². The highest BCUT2D eigenvalue weighted by atomic mass is 16.5. The first-order valence-corrected chi connectivity index (χ1v) is 9.96. The van der Waals surface area contributed by atoms with Gasteiger partial charge in [0.25, 0.3) is 0 Å². The Morgan fingerprint density at radius 1 is 1.04 bits per heavy atom. The van der Waals surface area contributed by atoms with Gasteiger partial charge in [0.1, 0.15) is 11.5 Å². The van der Waals surface area contributed by atoms with E-state index in [-0.39, 0.29) is 11.0 Å². The van der Waals surface area contributed by atoms with Gasteiger partial charge in [0, 0.05) is 6.08 Å². The van der Waals surface area contributed by atoms with E-state index in [1.165, 1.54) is 11.6 Å². The van der Waals surface area contributed by atoms with Crippen molar-refractivity contribution < 1.29 is 19.4 Å². The molecule has 0 radical (unpaired) electrons. The maximum atomic E-state index is 10.6. The molecule has 4 nitrogen and oxygen atoms in total. The zero-order chi connectivity index (χ0) is 19.5. The van der Waals surface area contributed by atoms with Crippen molar-refractivity contribution >= 4 is 5.97 Å². The molecule has 0 spiro atoms. The fourth-order valence-corrected chi connectivity index (χ4v) is 4.50. The lowest BCUT2D eigenvalue weighted by Gasteiger charge is -2.53. The lowest BCUT2D eigenvalue weighted by Crippen LogP contribution is -2.49. The summed E-state index contributed by atoms with van der Waals surface area (Å²) in [5.41, 5.74) is 1.18. The number of ether oxygens (including phenoxy) is 2. The predicted molar refractivity (Wildman–Crippen MR) is 107 cm³/mol. The number of hydrogen-bond donors (Lipinski definition) is 1. The summed E-state index contributed by atoms with van der Waals surface area (Å²) in [6.45, 7) is 0.748. The second kappa shape index (κ2) is 7.80. The molecule has 2 aliphatic heterocycles. The van der Waals surface area contributed by atoms with Crippen LogP contribution in [0.4, 0.5) is 0 Å². The van der Waals surface area contributed by atoms with Crippen LogP contribution in [0.1, 0.15) is 44.1 Å². The van der Waals surface area contributed by atoms with E-state index < -0.39 is 5.97 Å². The molecule has 5 rings (SSSR count). The first kappa shape index (κ1) is 18.8. The Kier molecular flexibility index (Phi) is 5.23. The SMILES string of the molecule is O=C(O)/C=C\CCC12CCC(c3cccc(Oc4ccccc4)c3)(CC1)OC2. The number of benzene rings is 2. The molecule has 3 fully saturated rings. The van der Waals surface area contributed by atoms with E-state index in [0.717, 1.165) is 56.6 Å². The van der Waals surface area contributed by atoms with Crippen LogP contribution in [-0.4, -0.2) is 17.7 Å². The summed E-state index contributed by atoms with van der Waals surface area (Å²) >= 11 is 0. The summed E-state index contributed by atoms with van der Waals surface area (Å²) in [5, 5.41) is 8.73. The van der Waals surface area contributed by atoms with Crippen molar-refractivity contribution in [2.24, 2.45) is 5.41 Å². The third-order valence-electron chi connectivity index (χ3n) is 6.21. The molecule has 2 bridgehead atoms. The highest BCUT2D eigenvalue weighted by molar-refractivity contribution is 5.79. The summed E-state index contributed by atoms with van der Waals surface area (Å²) in [7, 11) is 0. The molecule has 28 heavy (non-hydrogen) atoms. The van der Waals surface area contributed by atoms with Gasteiger partial charge in [-0.3, -0.25) is 0 Å². The van der Waals surface area contributed by atoms with Crippen LogP contribution in [0, 0.1) is 5.41 Å². The van der Waals surface area contributed by atoms with Crippen LogP contribution in [0.5, 0.6) is 11.5 Å². The number of rotatable bonds is 7. The van der Waals surface area contributed by atoms with Crippen molar-refractivity contribution in [3.05, 3.63) is 72.3 Å². The van der Waals surface area contributed by atoms with Gasteiger partial charge in [0.15, 0.2) is 0 Å². The van der Waals surface area contributed by atoms with E-state index in [4.69, 9.17) is 14.6 Å². The minimum Gasteiger partial charge on any atom is -0.478 e. The molecular formula is C24H26O4. The molecule has 2 saturated heterocycles. The van der Waals surface area contributed by atoms with E-state index >= 15 is 0 Å². The fourth-order valence-electron chi connectivity index (χ4n) is 4.50. The summed E-state index contributed by atoms with van der Waals surface area (Å²) in [5.74, 6) is 0.791. The van der Waals surface area contributed by atoms with Crippen molar-refractivity contribution in [2.45, 2.75) is 44.1 Å². The number of carboxylic acids is 1. The molecule has 2 heterocycles. The van der Waals surface area contributed by atoms with E-state index in [0.29, 0.717) is 0 Å². The topological polar surface area (TPSA) is 55.8 Å². The van der Waals surface area contributed by atoms with Crippen LogP contribution >= 0.6 is 0 Å². The molecule has 4 heteroatoms. The standard InChI is InChI=1S/C24H26O4/c25-22(26)11-4-5-12-23-13-15-24(16-14-23,27-18-23)19-7-6-10-21(17-19)28-20-8-2-1-3-9-20/h1-4,6-11,17H,5,12-16,18H2,(H,25,26)/b11-4-. The van der Waals surface area contributed by atoms with E-state index in [9.17, 15) is 4.79 Å². The van der Waals surface area contributed by atoms with Gasteiger partial charge in [0.05, 0.1) is 12.2 Å². The number of para-hydroxylation sites is 1. The van der Waals surface area contributed by atoms with Crippen molar-refractivity contribution in [2.75, 3.05) is 6.61 Å². The predicted octanol–water partition coefficient (Wildman–Crippen LogP) is 5.69. The van der Waals surface area contributed by atoms with Crippen LogP contribution in [0.3, 0.4) is 0 Å². The van der Waals surface area contributed by atoms with Gasteiger partial charge in [0.2, 0.25) is 0 Å². The number of carboxylic acid groups (broad SMARTS) is 1. The minimum absolute atomic E-state index is 0.197. The smallest absolute Gasteiger partial charge is 0.327 e. The Labute approximate surface area is 165 Å². The van der Waals surface area contributed by atoms with Gasteiger partial charge in [-0.05, 0) is 73.8 Å². The van der Waals surface area contributed by atoms with Gasteiger partial charge in [-0.2, -0.15) is 0 Å². The summed E-state index contributed by atoms with van der Waals surface area (Å²) < 4.78 is 12.4. The maximum absolute atomic E-state index is 10.6. The monoisotopic (exact) mass is 378 g/mol. The molecule has 0 atom stereocenters. The highest BCUT2D eigenvalue weighted by Crippen LogP contribution is 2.55. The lowest BCUT2D eigenvalue weighted by atomic mass is 9.62. The third kappa shape index (κ3) is 3.97. The van der Waals surface area contributed by atoms with Crippen LogP contribution in [0.2, 0.25) is 0 Å². The van der Waals surface area contributed by atoms with Crippen LogP contribution in [0.25, 0.3) is 0 Å². The van der Waals surface area contributed by atoms with Crippen molar-refractivity contribution in [3.8, 4) is 11.5 Å². The van der Waals surface area contributed by atoms with E-state index in [1.54, 1.807) is 6.08 Å². The van der Waals surface area contributed by atoms with Gasteiger partial charge in [-0.15, -0.1) is 0 Å². The fraction of sp³-hybridized carbons (Fsp3) is 0.375. The van der Waals surface area contributed by atoms with Gasteiger partial charge < -0.3 is 14.6 Å². The average molecular weight is 378 g/mol. The summed E-state index contributed by atoms with van der Waals surface area (Å²) in [4.78, 5) is 10.6. The second-order valence-corrected chi connectivity index (χ2v) is 8.01. The van der Waals surface area contributed by atoms with Crippen molar-refractivity contribution in [1.82, 2.24) is 0 Å². The van der Waals surface area contributed by atoms with Crippen LogP contribution in [0.15, 0.2) is 66.7 Å². The maximum Gasteiger partial charge on any atom is 0.327 e. The molecule has 0 amide bonds. The molecule has 2 aromatic rings. The number of hydrogen-bond acceptors (Lipinski definition) is 3. The normalized spacial score (nSPS) is 26.4. The van der Waals surface area contributed by atoms with Crippen molar-refractivity contribution in [1.29, 1.82) is 0 Å². The summed E-state index contributed by atoms with van der Waals surface area (Å²) in [6, 6.07) is 18.1. The molecular weight excluding hydrogens is 352 g/mol. The Morgan fingerprint density at radius 2 is 1.79 bits per heavy atom. The first-order chi connectivity index (χ1) is 13.6. The van der Waals surface area contributed by atoms with E-state index in [2.05, 4.69) is 12.1 Å². The zero-order valence-electron chi connectivity index (χ0n) is 16.0. The Bertz CT molecular complexity index is 831. The molecule has 1 N–H and O–H groups in total. The third-order valence-corrected chi connectivity index (χ3v) is 6.21. The molecule has 3 aliphatic rings. The number of carbonyl (C=O) groups is 1. The molecule has 0 aromatic heterocycles. The Morgan fingerprint density at radius 3 is 2.46 bits per heavy atom. The lowest BCUT2D eigenvalue weighted by molar-refractivity contribution is -0.191. The highest BCUT2D eigenvalue weighted by Gasteiger charge is 2.50. The van der Waals surface area contributed by atoms with Crippen molar-refractivity contribution in [3.63, 3.8) is 0 Å². The number of aliphatic carboxylic acids is 1. The molecule has 1 aliphatic carbocycles. The van der Waals surface area contributed by atoms with Gasteiger partial charge >= 0.3 is 5.97 Å². The van der Waals surface area contributed by atoms with E-state index in [1.807, 2.05) is 42.5 Å². The number of fused-ring (bicyclic) bond motifs is 3. The average Bonchev–Trinajstić information content (AvgIpc) is 2.74. The Hall–Kier alpha value is -2.59. The quantitative estimate of drug-likeness (QED) is 0.629. The molecule has 1 saturated carbocycles. The summed E-state index contributed by atoms with van der Waals surface area (Å²) in [6.07, 6.45) is 9.04. The van der Waals surface area contributed by atoms with Crippen LogP contribution < -0.4 is 4.74 Å². The second-order valence-electron chi connectivity index (χ2n) is 8.01. The molecule has 2 aromatic carbocycles. The Balaban J connectivity index is 1.43. The largest absolute Gasteiger partial charge is 0.478 e. The first-order valence-electron chi connectivity index (χ1n) is 9.96.